The van der Waals surface area contributed by atoms with Gasteiger partial charge in [0.05, 0.1) is 0 Å². The highest BCUT2D eigenvalue weighted by Gasteiger charge is 2.22. The third-order valence-corrected chi connectivity index (χ3v) is 3.17. The van der Waals surface area contributed by atoms with Crippen LogP contribution in [0.4, 0.5) is 0 Å². The SMILES string of the molecule is Cc1nc(-c2ccc3c(c2)OCO3)c(C(=O)O)n1C. The van der Waals surface area contributed by atoms with Crippen molar-refractivity contribution in [1.82, 2.24) is 9.55 Å². The normalized spacial score (nSPS) is 12.7. The molecule has 0 spiro atoms. The summed E-state index contributed by atoms with van der Waals surface area (Å²) in [6.07, 6.45) is 0. The second-order valence-electron chi connectivity index (χ2n) is 4.29. The third kappa shape index (κ3) is 1.72. The summed E-state index contributed by atoms with van der Waals surface area (Å²) in [5, 5.41) is 9.30. The van der Waals surface area contributed by atoms with E-state index >= 15 is 0 Å². The Morgan fingerprint density at radius 1 is 1.37 bits per heavy atom. The van der Waals surface area contributed by atoms with Crippen molar-refractivity contribution in [1.29, 1.82) is 0 Å². The zero-order valence-electron chi connectivity index (χ0n) is 10.5. The molecule has 1 aromatic heterocycles. The van der Waals surface area contributed by atoms with Gasteiger partial charge in [0.25, 0.3) is 0 Å². The van der Waals surface area contributed by atoms with Crippen LogP contribution in [0.15, 0.2) is 18.2 Å². The molecule has 0 amide bonds. The summed E-state index contributed by atoms with van der Waals surface area (Å²) in [6.45, 7) is 1.95. The van der Waals surface area contributed by atoms with Crippen LogP contribution in [-0.2, 0) is 7.05 Å². The van der Waals surface area contributed by atoms with Gasteiger partial charge in [0.1, 0.15) is 11.5 Å². The molecule has 1 aliphatic heterocycles. The predicted molar refractivity (Wildman–Crippen MR) is 66.5 cm³/mol. The van der Waals surface area contributed by atoms with Gasteiger partial charge < -0.3 is 19.1 Å². The molecule has 2 aromatic rings. The average Bonchev–Trinajstić information content (AvgIpc) is 2.94. The molecule has 0 unspecified atom stereocenters. The highest BCUT2D eigenvalue weighted by molar-refractivity contribution is 5.93. The van der Waals surface area contributed by atoms with Crippen molar-refractivity contribution in [2.75, 3.05) is 6.79 Å². The van der Waals surface area contributed by atoms with Crippen LogP contribution in [0.1, 0.15) is 16.3 Å². The van der Waals surface area contributed by atoms with Gasteiger partial charge in [-0.25, -0.2) is 9.78 Å². The van der Waals surface area contributed by atoms with Crippen molar-refractivity contribution < 1.29 is 19.4 Å². The Labute approximate surface area is 109 Å². The maximum absolute atomic E-state index is 11.3. The Morgan fingerprint density at radius 2 is 2.11 bits per heavy atom. The van der Waals surface area contributed by atoms with E-state index in [1.807, 2.05) is 0 Å². The zero-order valence-corrected chi connectivity index (χ0v) is 10.5. The van der Waals surface area contributed by atoms with Crippen molar-refractivity contribution in [2.24, 2.45) is 7.05 Å². The third-order valence-electron chi connectivity index (χ3n) is 3.17. The quantitative estimate of drug-likeness (QED) is 0.891. The number of hydrogen-bond acceptors (Lipinski definition) is 4. The number of aromatic nitrogens is 2. The van der Waals surface area contributed by atoms with Crippen molar-refractivity contribution in [3.8, 4) is 22.8 Å². The van der Waals surface area contributed by atoms with Gasteiger partial charge >= 0.3 is 5.97 Å². The number of hydrogen-bond donors (Lipinski definition) is 1. The van der Waals surface area contributed by atoms with Gasteiger partial charge in [-0.2, -0.15) is 0 Å². The van der Waals surface area contributed by atoms with E-state index in [0.717, 1.165) is 0 Å². The highest BCUT2D eigenvalue weighted by Crippen LogP contribution is 2.36. The van der Waals surface area contributed by atoms with Gasteiger partial charge in [-0.15, -0.1) is 0 Å². The van der Waals surface area contributed by atoms with Crippen LogP contribution in [0.25, 0.3) is 11.3 Å². The molecule has 1 aliphatic rings. The topological polar surface area (TPSA) is 73.6 Å². The number of carboxylic acid groups (broad SMARTS) is 1. The first-order chi connectivity index (χ1) is 9.08. The van der Waals surface area contributed by atoms with Gasteiger partial charge in [0, 0.05) is 12.6 Å². The first kappa shape index (κ1) is 11.6. The molecule has 98 valence electrons. The fourth-order valence-corrected chi connectivity index (χ4v) is 2.10. The van der Waals surface area contributed by atoms with Gasteiger partial charge in [-0.3, -0.25) is 0 Å². The summed E-state index contributed by atoms with van der Waals surface area (Å²) in [7, 11) is 1.68. The van der Waals surface area contributed by atoms with E-state index in [4.69, 9.17) is 9.47 Å². The lowest BCUT2D eigenvalue weighted by atomic mass is 10.1. The summed E-state index contributed by atoms with van der Waals surface area (Å²) in [6, 6.07) is 5.28. The Morgan fingerprint density at radius 3 is 2.84 bits per heavy atom. The van der Waals surface area contributed by atoms with Crippen LogP contribution in [-0.4, -0.2) is 27.4 Å². The number of aryl methyl sites for hydroxylation is 1. The van der Waals surface area contributed by atoms with Gasteiger partial charge in [-0.05, 0) is 25.1 Å². The molecule has 6 heteroatoms. The molecule has 3 rings (SSSR count). The van der Waals surface area contributed by atoms with Crippen LogP contribution in [0.5, 0.6) is 11.5 Å². The standard InChI is InChI=1S/C13H12N2O4/c1-7-14-11(12(13(16)17)15(7)2)8-3-4-9-10(5-8)19-6-18-9/h3-5H,6H2,1-2H3,(H,16,17). The number of ether oxygens (including phenoxy) is 2. The van der Waals surface area contributed by atoms with Crippen LogP contribution >= 0.6 is 0 Å². The molecule has 0 saturated carbocycles. The Hall–Kier alpha value is -2.50. The van der Waals surface area contributed by atoms with E-state index in [2.05, 4.69) is 4.98 Å². The number of imidazole rings is 1. The first-order valence-corrected chi connectivity index (χ1v) is 5.74. The van der Waals surface area contributed by atoms with Gasteiger partial charge in [0.2, 0.25) is 6.79 Å². The fourth-order valence-electron chi connectivity index (χ4n) is 2.10. The van der Waals surface area contributed by atoms with E-state index in [1.54, 1.807) is 36.7 Å². The molecule has 19 heavy (non-hydrogen) atoms. The molecule has 6 nitrogen and oxygen atoms in total. The molecular formula is C13H12N2O4. The maximum atomic E-state index is 11.3. The smallest absolute Gasteiger partial charge is 0.354 e. The number of rotatable bonds is 2. The minimum Gasteiger partial charge on any atom is -0.477 e. The van der Waals surface area contributed by atoms with Crippen LogP contribution in [0.3, 0.4) is 0 Å². The minimum absolute atomic E-state index is 0.163. The Balaban J connectivity index is 2.17. The number of benzene rings is 1. The summed E-state index contributed by atoms with van der Waals surface area (Å²) >= 11 is 0. The van der Waals surface area contributed by atoms with Crippen LogP contribution < -0.4 is 9.47 Å². The summed E-state index contributed by atoms with van der Waals surface area (Å²) < 4.78 is 12.1. The highest BCUT2D eigenvalue weighted by atomic mass is 16.7. The minimum atomic E-state index is -1.00. The molecule has 0 atom stereocenters. The Kier molecular flexibility index (Phi) is 2.45. The summed E-state index contributed by atoms with van der Waals surface area (Å²) in [4.78, 5) is 15.7. The lowest BCUT2D eigenvalue weighted by molar-refractivity contribution is 0.0687. The molecule has 0 bridgehead atoms. The molecule has 1 aromatic carbocycles. The van der Waals surface area contributed by atoms with Crippen molar-refractivity contribution in [3.05, 3.63) is 29.7 Å². The maximum Gasteiger partial charge on any atom is 0.354 e. The second-order valence-corrected chi connectivity index (χ2v) is 4.29. The Bertz CT molecular complexity index is 676. The molecule has 2 heterocycles. The largest absolute Gasteiger partial charge is 0.477 e. The second kappa shape index (κ2) is 4.01. The van der Waals surface area contributed by atoms with Crippen molar-refractivity contribution in [3.63, 3.8) is 0 Å². The average molecular weight is 260 g/mol. The first-order valence-electron chi connectivity index (χ1n) is 5.74. The lowest BCUT2D eigenvalue weighted by Crippen LogP contribution is -2.06. The van der Waals surface area contributed by atoms with E-state index in [1.165, 1.54) is 0 Å². The zero-order chi connectivity index (χ0) is 13.6. The lowest BCUT2D eigenvalue weighted by Gasteiger charge is -2.03. The molecular weight excluding hydrogens is 248 g/mol. The molecule has 0 fully saturated rings. The van der Waals surface area contributed by atoms with Crippen LogP contribution in [0.2, 0.25) is 0 Å². The fraction of sp³-hybridized carbons (Fsp3) is 0.231. The number of nitrogens with zero attached hydrogens (tertiary/aromatic N) is 2. The number of carbonyl (C=O) groups is 1. The number of aromatic carboxylic acids is 1. The van der Waals surface area contributed by atoms with E-state index < -0.39 is 5.97 Å². The number of carboxylic acids is 1. The molecule has 1 N–H and O–H groups in total. The number of fused-ring (bicyclic) bond motifs is 1. The summed E-state index contributed by atoms with van der Waals surface area (Å²) in [5.74, 6) is 0.909. The van der Waals surface area contributed by atoms with Gasteiger partial charge in [0.15, 0.2) is 17.2 Å². The monoisotopic (exact) mass is 260 g/mol. The summed E-state index contributed by atoms with van der Waals surface area (Å²) in [5.41, 5.74) is 1.30. The van der Waals surface area contributed by atoms with Crippen LogP contribution in [0, 0.1) is 6.92 Å². The van der Waals surface area contributed by atoms with E-state index in [9.17, 15) is 9.90 Å². The van der Waals surface area contributed by atoms with E-state index in [-0.39, 0.29) is 12.5 Å². The molecule has 0 radical (unpaired) electrons. The van der Waals surface area contributed by atoms with Crippen molar-refractivity contribution >= 4 is 5.97 Å². The molecule has 0 saturated heterocycles. The molecule has 0 aliphatic carbocycles. The predicted octanol–water partition coefficient (Wildman–Crippen LogP) is 1.82. The van der Waals surface area contributed by atoms with E-state index in [0.29, 0.717) is 28.6 Å². The van der Waals surface area contributed by atoms with Gasteiger partial charge in [-0.1, -0.05) is 0 Å². The van der Waals surface area contributed by atoms with Crippen molar-refractivity contribution in [2.45, 2.75) is 6.92 Å².